The molecule has 0 nitrogen and oxygen atoms in total. The fourth-order valence-corrected chi connectivity index (χ4v) is 2.00. The van der Waals surface area contributed by atoms with E-state index in [1.807, 2.05) is 0 Å². The highest BCUT2D eigenvalue weighted by molar-refractivity contribution is 6.08. The SMILES string of the molecule is [3H][Si]([3H])([3H])CC(C)C1CC=C(C)CC1. The predicted octanol–water partition coefficient (Wildman–Crippen LogP) is 2.15. The van der Waals surface area contributed by atoms with E-state index < -0.39 is 10.0 Å². The van der Waals surface area contributed by atoms with Gasteiger partial charge in [-0.25, -0.2) is 0 Å². The number of hydrogen-bond acceptors (Lipinski definition) is 0. The van der Waals surface area contributed by atoms with Crippen LogP contribution in [0.2, 0.25) is 6.04 Å². The molecule has 0 amide bonds. The molecular weight excluding hydrogens is 148 g/mol. The summed E-state index contributed by atoms with van der Waals surface area (Å²) in [7, 11) is -3.09. The summed E-state index contributed by atoms with van der Waals surface area (Å²) in [5.74, 6) is 1.00. The van der Waals surface area contributed by atoms with Gasteiger partial charge in [-0.05, 0) is 38.0 Å². The summed E-state index contributed by atoms with van der Waals surface area (Å²) < 4.78 is 22.1. The van der Waals surface area contributed by atoms with Gasteiger partial charge in [0.2, 0.25) is 0 Å². The number of hydrogen-bond donors (Lipinski definition) is 0. The average Bonchev–Trinajstić information content (AvgIpc) is 2.02. The van der Waals surface area contributed by atoms with Gasteiger partial charge in [0.15, 0.2) is 0 Å². The van der Waals surface area contributed by atoms with Crippen molar-refractivity contribution in [3.8, 4) is 0 Å². The maximum Gasteiger partial charge on any atom is 0.00730 e. The Labute approximate surface area is 77.2 Å². The van der Waals surface area contributed by atoms with Crippen molar-refractivity contribution in [1.82, 2.24) is 0 Å². The van der Waals surface area contributed by atoms with Gasteiger partial charge in [-0.1, -0.05) is 24.6 Å². The Hall–Kier alpha value is -0.0431. The molecule has 1 aliphatic carbocycles. The summed E-state index contributed by atoms with van der Waals surface area (Å²) in [5.41, 5.74) is 1.47. The number of allylic oxidation sites excluding steroid dienone is 2. The third-order valence-electron chi connectivity index (χ3n) is 2.81. The summed E-state index contributed by atoms with van der Waals surface area (Å²) in [5, 5.41) is 0. The summed E-state index contributed by atoms with van der Waals surface area (Å²) in [6.45, 7) is 4.28. The molecule has 64 valence electrons. The van der Waals surface area contributed by atoms with Crippen LogP contribution in [0.25, 0.3) is 0 Å². The largest absolute Gasteiger partial charge is 0.0853 e. The summed E-state index contributed by atoms with van der Waals surface area (Å²) >= 11 is 0. The van der Waals surface area contributed by atoms with E-state index >= 15 is 0 Å². The van der Waals surface area contributed by atoms with Crippen LogP contribution in [0, 0.1) is 11.8 Å². The van der Waals surface area contributed by atoms with Crippen molar-refractivity contribution in [3.05, 3.63) is 11.6 Å². The standard InChI is InChI=1S/C10H20Si/c1-8-3-5-10(6-4-8)9(2)7-11/h3,9-10H,4-7H2,1-2,11H3/i11T3. The van der Waals surface area contributed by atoms with Crippen molar-refractivity contribution < 1.29 is 0 Å². The van der Waals surface area contributed by atoms with Gasteiger partial charge < -0.3 is 0 Å². The van der Waals surface area contributed by atoms with E-state index in [2.05, 4.69) is 19.9 Å². The lowest BCUT2D eigenvalue weighted by molar-refractivity contribution is 0.351. The van der Waals surface area contributed by atoms with E-state index in [0.29, 0.717) is 17.9 Å². The molecule has 2 atom stereocenters. The zero-order valence-corrected chi connectivity index (χ0v) is 8.56. The van der Waals surface area contributed by atoms with Crippen LogP contribution in [-0.4, -0.2) is 13.7 Å². The van der Waals surface area contributed by atoms with Crippen molar-refractivity contribution in [3.63, 3.8) is 0 Å². The van der Waals surface area contributed by atoms with E-state index in [4.69, 9.17) is 3.70 Å². The van der Waals surface area contributed by atoms with Gasteiger partial charge >= 0.3 is 0 Å². The van der Waals surface area contributed by atoms with Crippen LogP contribution in [0.3, 0.4) is 0 Å². The fourth-order valence-electron chi connectivity index (χ4n) is 1.67. The lowest BCUT2D eigenvalue weighted by Gasteiger charge is -2.25. The Bertz CT molecular complexity index is 220. The monoisotopic (exact) mass is 174 g/mol. The molecule has 0 heterocycles. The van der Waals surface area contributed by atoms with Crippen LogP contribution in [0.5, 0.6) is 0 Å². The van der Waals surface area contributed by atoms with Crippen molar-refractivity contribution >= 4 is 10.0 Å². The first kappa shape index (κ1) is 5.58. The molecule has 0 saturated carbocycles. The minimum Gasteiger partial charge on any atom is -0.0853 e. The van der Waals surface area contributed by atoms with Gasteiger partial charge in [-0.3, -0.25) is 0 Å². The highest BCUT2D eigenvalue weighted by Crippen LogP contribution is 2.30. The van der Waals surface area contributed by atoms with Crippen LogP contribution < -0.4 is 0 Å². The van der Waals surface area contributed by atoms with E-state index in [1.165, 1.54) is 12.0 Å². The second kappa shape index (κ2) is 4.10. The average molecular weight is 174 g/mol. The molecule has 1 heteroatoms. The van der Waals surface area contributed by atoms with Gasteiger partial charge in [0.1, 0.15) is 0 Å². The van der Waals surface area contributed by atoms with Gasteiger partial charge in [0.25, 0.3) is 0 Å². The second-order valence-corrected chi connectivity index (χ2v) is 4.17. The predicted molar refractivity (Wildman–Crippen MR) is 55.0 cm³/mol. The maximum absolute atomic E-state index is 7.38. The highest BCUT2D eigenvalue weighted by atomic mass is 28.1. The Kier molecular flexibility index (Phi) is 2.08. The molecule has 0 spiro atoms. The molecule has 0 bridgehead atoms. The van der Waals surface area contributed by atoms with Gasteiger partial charge in [0.05, 0.1) is 0 Å². The highest BCUT2D eigenvalue weighted by Gasteiger charge is 2.17. The Morgan fingerprint density at radius 1 is 1.91 bits per heavy atom. The lowest BCUT2D eigenvalue weighted by atomic mass is 9.83. The minimum atomic E-state index is -3.09. The van der Waals surface area contributed by atoms with Crippen LogP contribution in [0.15, 0.2) is 11.6 Å². The van der Waals surface area contributed by atoms with Gasteiger partial charge in [-0.2, -0.15) is 0 Å². The smallest absolute Gasteiger partial charge is 0.00730 e. The van der Waals surface area contributed by atoms with E-state index in [1.54, 1.807) is 0 Å². The van der Waals surface area contributed by atoms with Gasteiger partial charge in [-0.15, -0.1) is 0 Å². The first-order valence-corrected chi connectivity index (χ1v) is 5.25. The van der Waals surface area contributed by atoms with E-state index in [9.17, 15) is 0 Å². The van der Waals surface area contributed by atoms with Crippen LogP contribution in [0.4, 0.5) is 0 Å². The van der Waals surface area contributed by atoms with Gasteiger partial charge in [0, 0.05) is 13.7 Å². The molecule has 2 unspecified atom stereocenters. The molecule has 0 saturated heterocycles. The Morgan fingerprint density at radius 2 is 2.73 bits per heavy atom. The fraction of sp³-hybridized carbons (Fsp3) is 0.800. The topological polar surface area (TPSA) is 0 Å². The molecule has 0 fully saturated rings. The normalized spacial score (nSPS) is 33.1. The molecular formula is C10H20Si. The van der Waals surface area contributed by atoms with E-state index in [0.717, 1.165) is 12.8 Å². The summed E-state index contributed by atoms with van der Waals surface area (Å²) in [6, 6.07) is 0.505. The van der Waals surface area contributed by atoms with Crippen LogP contribution in [-0.2, 0) is 0 Å². The van der Waals surface area contributed by atoms with Crippen LogP contribution >= 0.6 is 0 Å². The molecule has 0 aliphatic heterocycles. The zero-order chi connectivity index (χ0) is 10.8. The molecule has 11 heavy (non-hydrogen) atoms. The van der Waals surface area contributed by atoms with Crippen LogP contribution in [0.1, 0.15) is 33.1 Å². The quantitative estimate of drug-likeness (QED) is 0.454. The maximum atomic E-state index is 7.38. The Morgan fingerprint density at radius 3 is 3.27 bits per heavy atom. The van der Waals surface area contributed by atoms with Crippen molar-refractivity contribution in [1.29, 1.82) is 3.70 Å². The second-order valence-electron chi connectivity index (χ2n) is 3.77. The molecule has 0 aromatic carbocycles. The zero-order valence-electron chi connectivity index (χ0n) is 10.6. The van der Waals surface area contributed by atoms with E-state index in [-0.39, 0.29) is 0 Å². The third kappa shape index (κ3) is 2.48. The lowest BCUT2D eigenvalue weighted by Crippen LogP contribution is -2.13. The van der Waals surface area contributed by atoms with Crippen molar-refractivity contribution in [2.45, 2.75) is 39.2 Å². The Balaban J connectivity index is 2.43. The molecule has 0 aromatic rings. The molecule has 1 rings (SSSR count). The molecule has 1 aliphatic rings. The first-order valence-electron chi connectivity index (χ1n) is 6.04. The summed E-state index contributed by atoms with van der Waals surface area (Å²) in [6.07, 6.45) is 5.73. The molecule has 0 radical (unpaired) electrons. The number of rotatable bonds is 3. The minimum absolute atomic E-state index is 0.388. The van der Waals surface area contributed by atoms with Crippen molar-refractivity contribution in [2.75, 3.05) is 0 Å². The molecule has 0 N–H and O–H groups in total. The molecule has 0 aromatic heterocycles. The third-order valence-corrected chi connectivity index (χ3v) is 3.45. The first-order chi connectivity index (χ1) is 6.38. The summed E-state index contributed by atoms with van der Waals surface area (Å²) in [4.78, 5) is 0. The van der Waals surface area contributed by atoms with Crippen molar-refractivity contribution in [2.24, 2.45) is 11.8 Å².